The number of ether oxygens (including phenoxy) is 1. The number of benzene rings is 2. The van der Waals surface area contributed by atoms with Crippen molar-refractivity contribution in [3.63, 3.8) is 0 Å². The molecule has 1 amide bonds. The second kappa shape index (κ2) is 14.0. The molecule has 31 heavy (non-hydrogen) atoms. The number of aliphatic imine (C=N–C) groups is 1. The summed E-state index contributed by atoms with van der Waals surface area (Å²) in [5, 5.41) is 6.68. The number of guanidine groups is 1. The summed E-state index contributed by atoms with van der Waals surface area (Å²) in [5.41, 5.74) is 4.17. The van der Waals surface area contributed by atoms with E-state index >= 15 is 0 Å². The van der Waals surface area contributed by atoms with E-state index in [1.807, 2.05) is 44.2 Å². The second-order valence-corrected chi connectivity index (χ2v) is 7.68. The van der Waals surface area contributed by atoms with Crippen molar-refractivity contribution in [3.8, 4) is 0 Å². The van der Waals surface area contributed by atoms with Gasteiger partial charge in [-0.15, -0.1) is 24.0 Å². The molecule has 7 heteroatoms. The molecular weight excluding hydrogens is 503 g/mol. The Morgan fingerprint density at radius 3 is 2.39 bits per heavy atom. The molecule has 0 aliphatic rings. The third-order valence-corrected chi connectivity index (χ3v) is 4.54. The fraction of sp³-hybridized carbons (Fsp3) is 0.417. The van der Waals surface area contributed by atoms with Gasteiger partial charge in [0.2, 0.25) is 0 Å². The summed E-state index contributed by atoms with van der Waals surface area (Å²) >= 11 is 0. The number of nitrogens with zero attached hydrogens (tertiary/aromatic N) is 2. The minimum Gasteiger partial charge on any atom is -0.374 e. The van der Waals surface area contributed by atoms with Crippen molar-refractivity contribution in [1.82, 2.24) is 15.5 Å². The molecule has 2 N–H and O–H groups in total. The Morgan fingerprint density at radius 2 is 1.71 bits per heavy atom. The summed E-state index contributed by atoms with van der Waals surface area (Å²) in [7, 11) is 5.29. The summed E-state index contributed by atoms with van der Waals surface area (Å²) in [6, 6.07) is 16.1. The molecule has 0 saturated carbocycles. The van der Waals surface area contributed by atoms with E-state index in [1.54, 1.807) is 26.0 Å². The minimum atomic E-state index is 0. The van der Waals surface area contributed by atoms with Crippen LogP contribution in [0.15, 0.2) is 53.5 Å². The molecule has 6 nitrogen and oxygen atoms in total. The van der Waals surface area contributed by atoms with E-state index in [0.29, 0.717) is 18.7 Å². The van der Waals surface area contributed by atoms with Gasteiger partial charge in [0.15, 0.2) is 5.96 Å². The molecule has 0 aliphatic heterocycles. The number of nitrogens with one attached hydrogen (secondary N) is 2. The first-order valence-electron chi connectivity index (χ1n) is 10.3. The van der Waals surface area contributed by atoms with Crippen LogP contribution in [0.5, 0.6) is 0 Å². The van der Waals surface area contributed by atoms with Gasteiger partial charge < -0.3 is 20.3 Å². The smallest absolute Gasteiger partial charge is 0.253 e. The fourth-order valence-corrected chi connectivity index (χ4v) is 2.94. The van der Waals surface area contributed by atoms with Crippen molar-refractivity contribution in [2.75, 3.05) is 27.7 Å². The van der Waals surface area contributed by atoms with Gasteiger partial charge >= 0.3 is 0 Å². The molecule has 2 aromatic rings. The topological polar surface area (TPSA) is 66.0 Å². The zero-order chi connectivity index (χ0) is 21.9. The van der Waals surface area contributed by atoms with Crippen LogP contribution in [0.4, 0.5) is 0 Å². The SMILES string of the molecule is CN=C(NCCc1cccc(C(=O)N(C)C)c1)NCc1cccc(COC(C)C)c1.I. The van der Waals surface area contributed by atoms with Crippen LogP contribution in [-0.4, -0.2) is 50.6 Å². The van der Waals surface area contributed by atoms with E-state index in [9.17, 15) is 4.79 Å². The highest BCUT2D eigenvalue weighted by Gasteiger charge is 2.08. The van der Waals surface area contributed by atoms with E-state index in [0.717, 1.165) is 30.1 Å². The largest absolute Gasteiger partial charge is 0.374 e. The molecule has 0 aromatic heterocycles. The predicted molar refractivity (Wildman–Crippen MR) is 138 cm³/mol. The Balaban J connectivity index is 0.00000480. The molecule has 170 valence electrons. The lowest BCUT2D eigenvalue weighted by atomic mass is 10.1. The van der Waals surface area contributed by atoms with Crippen molar-refractivity contribution in [2.24, 2.45) is 4.99 Å². The number of hydrogen-bond acceptors (Lipinski definition) is 3. The second-order valence-electron chi connectivity index (χ2n) is 7.68. The lowest BCUT2D eigenvalue weighted by Gasteiger charge is -2.14. The summed E-state index contributed by atoms with van der Waals surface area (Å²) in [6.45, 7) is 6.10. The monoisotopic (exact) mass is 538 g/mol. The van der Waals surface area contributed by atoms with Crippen LogP contribution < -0.4 is 10.6 Å². The molecule has 0 aliphatic carbocycles. The van der Waals surface area contributed by atoms with Crippen molar-refractivity contribution in [1.29, 1.82) is 0 Å². The van der Waals surface area contributed by atoms with Crippen LogP contribution in [0.2, 0.25) is 0 Å². The Hall–Kier alpha value is -2.13. The summed E-state index contributed by atoms with van der Waals surface area (Å²) in [6.07, 6.45) is 1.02. The zero-order valence-electron chi connectivity index (χ0n) is 19.1. The lowest BCUT2D eigenvalue weighted by molar-refractivity contribution is 0.0656. The average Bonchev–Trinajstić information content (AvgIpc) is 2.74. The first-order valence-corrected chi connectivity index (χ1v) is 10.3. The number of carbonyl (C=O) groups is 1. The van der Waals surface area contributed by atoms with E-state index < -0.39 is 0 Å². The van der Waals surface area contributed by atoms with Gasteiger partial charge in [-0.1, -0.05) is 36.4 Å². The van der Waals surface area contributed by atoms with Gasteiger partial charge in [-0.2, -0.15) is 0 Å². The predicted octanol–water partition coefficient (Wildman–Crippen LogP) is 3.84. The Bertz CT molecular complexity index is 853. The standard InChI is InChI=1S/C24H34N4O2.HI/c1-18(2)30-17-21-10-6-9-20(14-21)16-27-24(25-3)26-13-12-19-8-7-11-22(15-19)23(29)28(4)5;/h6-11,14-15,18H,12-13,16-17H2,1-5H3,(H2,25,26,27);1H. The molecule has 0 unspecified atom stereocenters. The first-order chi connectivity index (χ1) is 14.4. The van der Waals surface area contributed by atoms with Crippen LogP contribution in [0, 0.1) is 0 Å². The van der Waals surface area contributed by atoms with Crippen LogP contribution in [0.1, 0.15) is 40.9 Å². The van der Waals surface area contributed by atoms with Crippen molar-refractivity contribution >= 4 is 35.8 Å². The van der Waals surface area contributed by atoms with Crippen molar-refractivity contribution in [3.05, 3.63) is 70.8 Å². The lowest BCUT2D eigenvalue weighted by Crippen LogP contribution is -2.37. The van der Waals surface area contributed by atoms with Gasteiger partial charge in [-0.3, -0.25) is 9.79 Å². The number of halogens is 1. The van der Waals surface area contributed by atoms with Crippen LogP contribution in [0.3, 0.4) is 0 Å². The number of amides is 1. The van der Waals surface area contributed by atoms with Gasteiger partial charge in [0.25, 0.3) is 5.91 Å². The summed E-state index contributed by atoms with van der Waals surface area (Å²) in [5.74, 6) is 0.766. The third kappa shape index (κ3) is 9.69. The van der Waals surface area contributed by atoms with Gasteiger partial charge in [-0.05, 0) is 49.1 Å². The molecule has 2 rings (SSSR count). The van der Waals surface area contributed by atoms with Gasteiger partial charge in [-0.25, -0.2) is 0 Å². The van der Waals surface area contributed by atoms with Gasteiger partial charge in [0.05, 0.1) is 12.7 Å². The quantitative estimate of drug-likeness (QED) is 0.290. The Morgan fingerprint density at radius 1 is 1.03 bits per heavy atom. The maximum Gasteiger partial charge on any atom is 0.253 e. The van der Waals surface area contributed by atoms with Crippen molar-refractivity contribution in [2.45, 2.75) is 39.5 Å². The summed E-state index contributed by atoms with van der Waals surface area (Å²) < 4.78 is 5.68. The van der Waals surface area contributed by atoms with Gasteiger partial charge in [0.1, 0.15) is 0 Å². The number of hydrogen-bond donors (Lipinski definition) is 2. The first kappa shape index (κ1) is 26.9. The molecule has 0 bridgehead atoms. The summed E-state index contributed by atoms with van der Waals surface area (Å²) in [4.78, 5) is 18.0. The molecule has 2 aromatic carbocycles. The maximum absolute atomic E-state index is 12.1. The fourth-order valence-electron chi connectivity index (χ4n) is 2.94. The Kier molecular flexibility index (Phi) is 12.2. The van der Waals surface area contributed by atoms with Crippen molar-refractivity contribution < 1.29 is 9.53 Å². The zero-order valence-corrected chi connectivity index (χ0v) is 21.5. The minimum absolute atomic E-state index is 0. The van der Waals surface area contributed by atoms with E-state index in [-0.39, 0.29) is 36.0 Å². The molecular formula is C24H35IN4O2. The molecule has 0 radical (unpaired) electrons. The average molecular weight is 538 g/mol. The maximum atomic E-state index is 12.1. The van der Waals surface area contributed by atoms with Gasteiger partial charge in [0, 0.05) is 39.8 Å². The highest BCUT2D eigenvalue weighted by molar-refractivity contribution is 14.0. The normalized spacial score (nSPS) is 11.1. The molecule has 0 saturated heterocycles. The van der Waals surface area contributed by atoms with Crippen LogP contribution in [-0.2, 0) is 24.3 Å². The van der Waals surface area contributed by atoms with E-state index in [4.69, 9.17) is 4.74 Å². The Labute approximate surface area is 203 Å². The highest BCUT2D eigenvalue weighted by Crippen LogP contribution is 2.09. The van der Waals surface area contributed by atoms with E-state index in [2.05, 4.69) is 33.8 Å². The molecule has 0 heterocycles. The molecule has 0 atom stereocenters. The molecule has 0 fully saturated rings. The number of carbonyl (C=O) groups excluding carboxylic acids is 1. The number of rotatable bonds is 9. The van der Waals surface area contributed by atoms with E-state index in [1.165, 1.54) is 5.56 Å². The van der Waals surface area contributed by atoms with Crippen LogP contribution in [0.25, 0.3) is 0 Å². The molecule has 0 spiro atoms. The van der Waals surface area contributed by atoms with Crippen LogP contribution >= 0.6 is 24.0 Å². The highest BCUT2D eigenvalue weighted by atomic mass is 127. The third-order valence-electron chi connectivity index (χ3n) is 4.54.